The number of nitrogens with zero attached hydrogens (tertiary/aromatic N) is 4. The Morgan fingerprint density at radius 2 is 1.61 bits per heavy atom. The van der Waals surface area contributed by atoms with E-state index in [9.17, 15) is 18.4 Å². The number of halogens is 2. The lowest BCUT2D eigenvalue weighted by atomic mass is 9.86. The number of fused-ring (bicyclic) bond motifs is 2. The topological polar surface area (TPSA) is 145 Å². The fourth-order valence-electron chi connectivity index (χ4n) is 7.59. The van der Waals surface area contributed by atoms with Crippen LogP contribution in [0.2, 0.25) is 0 Å². The lowest BCUT2D eigenvalue weighted by molar-refractivity contribution is -0.130. The predicted octanol–water partition coefficient (Wildman–Crippen LogP) is 6.53. The minimum Gasteiger partial charge on any atom is -0.348 e. The first kappa shape index (κ1) is 37.6. The van der Waals surface area contributed by atoms with Gasteiger partial charge in [-0.05, 0) is 76.1 Å². The number of carbonyl (C=O) groups is 2. The van der Waals surface area contributed by atoms with Crippen LogP contribution in [0.15, 0.2) is 24.3 Å². The summed E-state index contributed by atoms with van der Waals surface area (Å²) in [5.74, 6) is -0.733. The molecule has 5 N–H and O–H groups in total. The van der Waals surface area contributed by atoms with Gasteiger partial charge in [0.15, 0.2) is 6.29 Å². The van der Waals surface area contributed by atoms with E-state index in [4.69, 9.17) is 10.4 Å². The molecule has 3 aliphatic rings. The largest absolute Gasteiger partial charge is 0.348 e. The van der Waals surface area contributed by atoms with E-state index in [1.54, 1.807) is 23.5 Å². The fraction of sp³-hybridized carbons (Fsp3) is 0.647. The molecule has 5 heterocycles. The summed E-state index contributed by atoms with van der Waals surface area (Å²) in [4.78, 5) is 29.6. The summed E-state index contributed by atoms with van der Waals surface area (Å²) in [6.07, 6.45) is 6.10. The van der Waals surface area contributed by atoms with E-state index in [1.807, 2.05) is 17.6 Å². The number of rotatable bonds is 13. The van der Waals surface area contributed by atoms with Gasteiger partial charge < -0.3 is 20.3 Å². The summed E-state index contributed by atoms with van der Waals surface area (Å²) in [5, 5.41) is 29.5. The van der Waals surface area contributed by atoms with Crippen LogP contribution in [0.4, 0.5) is 8.78 Å². The predicted molar refractivity (Wildman–Crippen MR) is 184 cm³/mol. The number of aryl methyl sites for hydroxylation is 1. The molecule has 2 bridgehead atoms. The highest BCUT2D eigenvalue weighted by molar-refractivity contribution is 7.13. The number of thiophene rings is 2. The van der Waals surface area contributed by atoms with Gasteiger partial charge in [-0.15, -0.1) is 32.9 Å². The van der Waals surface area contributed by atoms with Gasteiger partial charge in [-0.25, -0.2) is 19.7 Å². The van der Waals surface area contributed by atoms with Gasteiger partial charge in [0, 0.05) is 64.0 Å². The molecule has 1 amide bonds. The Bertz CT molecular complexity index is 1510. The van der Waals surface area contributed by atoms with Crippen LogP contribution in [0.25, 0.3) is 0 Å². The third-order valence-corrected chi connectivity index (χ3v) is 12.3. The second-order valence-electron chi connectivity index (χ2n) is 13.8. The van der Waals surface area contributed by atoms with Crippen molar-refractivity contribution in [1.29, 1.82) is 0 Å². The molecule has 6 rings (SSSR count). The van der Waals surface area contributed by atoms with E-state index in [-0.39, 0.29) is 43.6 Å². The average Bonchev–Trinajstić information content (AvgIpc) is 3.86. The first-order chi connectivity index (χ1) is 23.5. The first-order valence-corrected chi connectivity index (χ1v) is 18.9. The smallest absolute Gasteiger partial charge is 0.248 e. The van der Waals surface area contributed by atoms with Crippen molar-refractivity contribution in [2.75, 3.05) is 6.54 Å². The number of piperidine rings is 1. The fourth-order valence-corrected chi connectivity index (χ4v) is 9.38. The van der Waals surface area contributed by atoms with Crippen molar-refractivity contribution < 1.29 is 28.8 Å². The molecule has 11 nitrogen and oxygen atoms in total. The lowest BCUT2D eigenvalue weighted by Gasteiger charge is -2.40. The molecule has 270 valence electrons. The Morgan fingerprint density at radius 3 is 2.20 bits per heavy atom. The normalized spacial score (nSPS) is 22.9. The molecule has 2 saturated heterocycles. The molecule has 2 unspecified atom stereocenters. The maximum atomic E-state index is 13.7. The minimum atomic E-state index is -2.65. The molecule has 0 spiro atoms. The summed E-state index contributed by atoms with van der Waals surface area (Å²) >= 11 is 2.94. The van der Waals surface area contributed by atoms with Gasteiger partial charge in [0.2, 0.25) is 11.8 Å². The Morgan fingerprint density at radius 1 is 0.980 bits per heavy atom. The average molecular weight is 722 g/mol. The molecule has 3 fully saturated rings. The van der Waals surface area contributed by atoms with Crippen molar-refractivity contribution >= 4 is 34.9 Å². The maximum Gasteiger partial charge on any atom is 0.248 e. The molecule has 3 aromatic heterocycles. The number of aldehydes is 1. The Labute approximate surface area is 294 Å². The molecule has 49 heavy (non-hydrogen) atoms. The molecule has 0 radical (unpaired) electrons. The molecular weight excluding hydrogens is 673 g/mol. The molecule has 0 aromatic carbocycles. The second-order valence-corrected chi connectivity index (χ2v) is 16.2. The number of amides is 1. The third kappa shape index (κ3) is 9.57. The van der Waals surface area contributed by atoms with Crippen molar-refractivity contribution in [2.24, 2.45) is 5.92 Å². The van der Waals surface area contributed by atoms with Gasteiger partial charge in [-0.2, -0.15) is 0 Å². The number of hydrogen-bond acceptors (Lipinski definition) is 11. The van der Waals surface area contributed by atoms with E-state index in [2.05, 4.69) is 51.2 Å². The van der Waals surface area contributed by atoms with Crippen molar-refractivity contribution in [1.82, 2.24) is 35.9 Å². The highest BCUT2D eigenvalue weighted by atomic mass is 32.1. The number of hydrogen-bond donors (Lipinski definition) is 5. The summed E-state index contributed by atoms with van der Waals surface area (Å²) in [6, 6.07) is 8.73. The van der Waals surface area contributed by atoms with Crippen LogP contribution in [-0.2, 0) is 17.9 Å². The zero-order valence-corrected chi connectivity index (χ0v) is 30.0. The number of aromatic nitrogens is 3. The van der Waals surface area contributed by atoms with Gasteiger partial charge in [-0.3, -0.25) is 14.5 Å². The molecule has 3 atom stereocenters. The lowest BCUT2D eigenvalue weighted by Crippen LogP contribution is -2.45. The number of alkyl halides is 2. The standard InChI is InChI=1S/C28H42F2N6O2S.C6H7NO2S/c1-17(2)26-34-33-18(3)36(26)22-14-20-4-5-21(15-22)35(20)13-10-24(25-7-6-23(39-25)16-31-38)32-27(37)19-8-11-28(29,30)12-9-19;8-4-6-2-1-5(10-6)3-7-9/h6-7,17,19-22,24,31,38H,4-5,8-16H2,1-3H3,(H,32,37);1-2,4,7,9H,3H2/t20?,21?,22?,24-;/m0./s1. The van der Waals surface area contributed by atoms with E-state index in [0.29, 0.717) is 42.0 Å². The van der Waals surface area contributed by atoms with Gasteiger partial charge in [0.1, 0.15) is 11.6 Å². The van der Waals surface area contributed by atoms with Gasteiger partial charge in [-0.1, -0.05) is 13.8 Å². The quantitative estimate of drug-likeness (QED) is 0.0983. The molecule has 15 heteroatoms. The van der Waals surface area contributed by atoms with E-state index < -0.39 is 5.92 Å². The number of nitrogens with one attached hydrogen (secondary N) is 3. The molecule has 2 aliphatic heterocycles. The zero-order valence-electron chi connectivity index (χ0n) is 28.4. The molecule has 1 aliphatic carbocycles. The van der Waals surface area contributed by atoms with Crippen molar-refractivity contribution in [3.8, 4) is 0 Å². The summed E-state index contributed by atoms with van der Waals surface area (Å²) in [7, 11) is 0. The number of carbonyl (C=O) groups excluding carboxylic acids is 2. The zero-order chi connectivity index (χ0) is 35.1. The highest BCUT2D eigenvalue weighted by Gasteiger charge is 2.43. The maximum absolute atomic E-state index is 13.7. The van der Waals surface area contributed by atoms with Crippen LogP contribution in [0, 0.1) is 12.8 Å². The summed E-state index contributed by atoms with van der Waals surface area (Å²) < 4.78 is 29.7. The number of hydroxylamine groups is 2. The van der Waals surface area contributed by atoms with E-state index in [1.165, 1.54) is 24.2 Å². The highest BCUT2D eigenvalue weighted by Crippen LogP contribution is 2.43. The van der Waals surface area contributed by atoms with Crippen molar-refractivity contribution in [3.63, 3.8) is 0 Å². The van der Waals surface area contributed by atoms with E-state index >= 15 is 0 Å². The van der Waals surface area contributed by atoms with Crippen LogP contribution in [0.1, 0.15) is 126 Å². The van der Waals surface area contributed by atoms with Gasteiger partial charge >= 0.3 is 0 Å². The van der Waals surface area contributed by atoms with Crippen LogP contribution >= 0.6 is 22.7 Å². The van der Waals surface area contributed by atoms with E-state index in [0.717, 1.165) is 58.4 Å². The molecule has 1 saturated carbocycles. The summed E-state index contributed by atoms with van der Waals surface area (Å²) in [5.41, 5.74) is 4.22. The Kier molecular flexibility index (Phi) is 13.1. The van der Waals surface area contributed by atoms with Crippen LogP contribution < -0.4 is 16.3 Å². The van der Waals surface area contributed by atoms with Crippen LogP contribution in [-0.4, -0.2) is 66.8 Å². The third-order valence-electron chi connectivity index (χ3n) is 10.0. The van der Waals surface area contributed by atoms with Gasteiger partial charge in [0.25, 0.3) is 0 Å². The second kappa shape index (κ2) is 17.0. The molecule has 3 aromatic rings. The minimum absolute atomic E-state index is 0.114. The van der Waals surface area contributed by atoms with Crippen LogP contribution in [0.5, 0.6) is 0 Å². The van der Waals surface area contributed by atoms with Crippen LogP contribution in [0.3, 0.4) is 0 Å². The Hall–Kier alpha value is -2.66. The van der Waals surface area contributed by atoms with Crippen molar-refractivity contribution in [3.05, 3.63) is 55.4 Å². The Balaban J connectivity index is 0.000000402. The van der Waals surface area contributed by atoms with Gasteiger partial charge in [0.05, 0.1) is 24.0 Å². The molecular formula is C34H49F2N7O4S2. The first-order valence-electron chi connectivity index (χ1n) is 17.2. The summed E-state index contributed by atoms with van der Waals surface area (Å²) in [6.45, 7) is 8.02. The van der Waals surface area contributed by atoms with Crippen molar-refractivity contribution in [2.45, 2.75) is 128 Å². The monoisotopic (exact) mass is 721 g/mol. The SMILES string of the molecule is Cc1nnc(C(C)C)n1C1CC2CCC(C1)N2CC[C@H](NC(=O)C1CCC(F)(F)CC1)c1ccc(CNO)s1.O=Cc1ccc(CNO)s1.